The molecule has 0 aromatic carbocycles. The van der Waals surface area contributed by atoms with Crippen molar-refractivity contribution >= 4 is 0 Å². The van der Waals surface area contributed by atoms with Crippen molar-refractivity contribution in [1.82, 2.24) is 0 Å². The Balaban J connectivity index is 3.27. The Morgan fingerprint density at radius 2 is 1.80 bits per heavy atom. The lowest BCUT2D eigenvalue weighted by Gasteiger charge is -2.13. The molecule has 62 valence electrons. The highest BCUT2D eigenvalue weighted by atomic mass is 16.3. The fourth-order valence-electron chi connectivity index (χ4n) is 1.37. The fourth-order valence-corrected chi connectivity index (χ4v) is 1.37. The minimum Gasteiger partial charge on any atom is -0.396 e. The number of aliphatic hydroxyl groups excluding tert-OH is 1. The van der Waals surface area contributed by atoms with Gasteiger partial charge in [-0.25, -0.2) is 0 Å². The maximum absolute atomic E-state index is 8.75. The van der Waals surface area contributed by atoms with E-state index in [0.717, 1.165) is 5.92 Å². The molecule has 2 atom stereocenters. The Hall–Kier alpha value is -0.0400. The molecular formula is C9H20O. The van der Waals surface area contributed by atoms with Crippen molar-refractivity contribution < 1.29 is 5.11 Å². The van der Waals surface area contributed by atoms with Gasteiger partial charge in [0.1, 0.15) is 0 Å². The van der Waals surface area contributed by atoms with Crippen LogP contribution >= 0.6 is 0 Å². The van der Waals surface area contributed by atoms with Crippen LogP contribution in [0.5, 0.6) is 0 Å². The van der Waals surface area contributed by atoms with Crippen LogP contribution in [0.3, 0.4) is 0 Å². The summed E-state index contributed by atoms with van der Waals surface area (Å²) in [5, 5.41) is 8.75. The first-order chi connectivity index (χ1) is 4.70. The van der Waals surface area contributed by atoms with Crippen molar-refractivity contribution in [2.24, 2.45) is 11.8 Å². The summed E-state index contributed by atoms with van der Waals surface area (Å²) in [4.78, 5) is 0. The maximum Gasteiger partial charge on any atom is 0.0456 e. The van der Waals surface area contributed by atoms with Gasteiger partial charge in [0.25, 0.3) is 0 Å². The predicted octanol–water partition coefficient (Wildman–Crippen LogP) is 2.44. The zero-order chi connectivity index (χ0) is 7.98. The molecule has 0 aromatic rings. The lowest BCUT2D eigenvalue weighted by Crippen LogP contribution is -2.06. The molecule has 0 rings (SSSR count). The van der Waals surface area contributed by atoms with Gasteiger partial charge in [-0.1, -0.05) is 33.6 Å². The molecular weight excluding hydrogens is 124 g/mol. The van der Waals surface area contributed by atoms with E-state index in [-0.39, 0.29) is 0 Å². The summed E-state index contributed by atoms with van der Waals surface area (Å²) >= 11 is 0. The number of aliphatic hydroxyl groups is 1. The van der Waals surface area contributed by atoms with Crippen molar-refractivity contribution in [3.8, 4) is 0 Å². The van der Waals surface area contributed by atoms with Crippen molar-refractivity contribution in [2.75, 3.05) is 6.61 Å². The van der Waals surface area contributed by atoms with E-state index in [0.29, 0.717) is 12.5 Å². The predicted molar refractivity (Wildman–Crippen MR) is 44.9 cm³/mol. The van der Waals surface area contributed by atoms with Crippen LogP contribution in [0.4, 0.5) is 0 Å². The average Bonchev–Trinajstić information content (AvgIpc) is 1.88. The van der Waals surface area contributed by atoms with Crippen molar-refractivity contribution in [2.45, 2.75) is 40.0 Å². The molecule has 0 aromatic heterocycles. The third-order valence-electron chi connectivity index (χ3n) is 1.90. The topological polar surface area (TPSA) is 20.2 Å². The first-order valence-corrected chi connectivity index (χ1v) is 4.31. The summed E-state index contributed by atoms with van der Waals surface area (Å²) in [7, 11) is 0. The molecule has 1 N–H and O–H groups in total. The van der Waals surface area contributed by atoms with Gasteiger partial charge in [-0.2, -0.15) is 0 Å². The van der Waals surface area contributed by atoms with E-state index in [9.17, 15) is 0 Å². The van der Waals surface area contributed by atoms with E-state index >= 15 is 0 Å². The first kappa shape index (κ1) is 9.96. The molecule has 0 radical (unpaired) electrons. The molecule has 0 aliphatic rings. The number of rotatable bonds is 5. The van der Waals surface area contributed by atoms with Gasteiger partial charge in [0, 0.05) is 6.61 Å². The normalized spacial score (nSPS) is 16.8. The highest BCUT2D eigenvalue weighted by Gasteiger charge is 2.05. The summed E-state index contributed by atoms with van der Waals surface area (Å²) in [5.41, 5.74) is 0. The highest BCUT2D eigenvalue weighted by molar-refractivity contribution is 4.57. The Bertz CT molecular complexity index is 71.1. The number of hydrogen-bond donors (Lipinski definition) is 1. The van der Waals surface area contributed by atoms with Crippen molar-refractivity contribution in [1.29, 1.82) is 0 Å². The third-order valence-corrected chi connectivity index (χ3v) is 1.90. The van der Waals surface area contributed by atoms with Gasteiger partial charge in [0.2, 0.25) is 0 Å². The van der Waals surface area contributed by atoms with E-state index < -0.39 is 0 Å². The molecule has 0 saturated heterocycles. The van der Waals surface area contributed by atoms with E-state index in [1.165, 1.54) is 19.3 Å². The van der Waals surface area contributed by atoms with Gasteiger partial charge >= 0.3 is 0 Å². The van der Waals surface area contributed by atoms with E-state index in [1.807, 2.05) is 0 Å². The van der Waals surface area contributed by atoms with Crippen LogP contribution in [0, 0.1) is 11.8 Å². The molecule has 0 fully saturated rings. The summed E-state index contributed by atoms with van der Waals surface area (Å²) in [6, 6.07) is 0. The minimum atomic E-state index is 0.341. The molecule has 0 spiro atoms. The van der Waals surface area contributed by atoms with Crippen LogP contribution in [-0.4, -0.2) is 11.7 Å². The van der Waals surface area contributed by atoms with Crippen molar-refractivity contribution in [3.63, 3.8) is 0 Å². The summed E-state index contributed by atoms with van der Waals surface area (Å²) in [6.45, 7) is 6.91. The van der Waals surface area contributed by atoms with Gasteiger partial charge < -0.3 is 5.11 Å². The van der Waals surface area contributed by atoms with Crippen LogP contribution in [0.15, 0.2) is 0 Å². The standard InChI is InChI=1S/C9H20O/c1-4-5-8(2)6-9(3)7-10/h8-10H,4-7H2,1-3H3/t8-,9-/m1/s1. The molecule has 1 nitrogen and oxygen atoms in total. The largest absolute Gasteiger partial charge is 0.396 e. The Labute approximate surface area is 64.5 Å². The van der Waals surface area contributed by atoms with Crippen LogP contribution in [0.2, 0.25) is 0 Å². The fraction of sp³-hybridized carbons (Fsp3) is 1.00. The minimum absolute atomic E-state index is 0.341. The number of hydrogen-bond acceptors (Lipinski definition) is 1. The lowest BCUT2D eigenvalue weighted by molar-refractivity contribution is 0.213. The molecule has 1 heteroatoms. The van der Waals surface area contributed by atoms with Gasteiger partial charge in [-0.05, 0) is 18.3 Å². The van der Waals surface area contributed by atoms with Crippen LogP contribution in [0.1, 0.15) is 40.0 Å². The highest BCUT2D eigenvalue weighted by Crippen LogP contribution is 2.15. The maximum atomic E-state index is 8.75. The summed E-state index contributed by atoms with van der Waals surface area (Å²) < 4.78 is 0. The zero-order valence-electron chi connectivity index (χ0n) is 7.43. The van der Waals surface area contributed by atoms with Gasteiger partial charge in [0.05, 0.1) is 0 Å². The first-order valence-electron chi connectivity index (χ1n) is 4.31. The molecule has 0 saturated carbocycles. The molecule has 0 aliphatic heterocycles. The third kappa shape index (κ3) is 4.80. The Morgan fingerprint density at radius 1 is 1.20 bits per heavy atom. The molecule has 0 aliphatic carbocycles. The molecule has 0 heterocycles. The monoisotopic (exact) mass is 144 g/mol. The second-order valence-electron chi connectivity index (χ2n) is 3.42. The summed E-state index contributed by atoms with van der Waals surface area (Å²) in [6.07, 6.45) is 3.73. The Kier molecular flexibility index (Phi) is 5.70. The van der Waals surface area contributed by atoms with E-state index in [4.69, 9.17) is 5.11 Å². The molecule has 10 heavy (non-hydrogen) atoms. The molecule has 0 amide bonds. The van der Waals surface area contributed by atoms with E-state index in [1.54, 1.807) is 0 Å². The Morgan fingerprint density at radius 3 is 2.20 bits per heavy atom. The second-order valence-corrected chi connectivity index (χ2v) is 3.42. The van der Waals surface area contributed by atoms with Crippen LogP contribution < -0.4 is 0 Å². The van der Waals surface area contributed by atoms with Gasteiger partial charge in [-0.3, -0.25) is 0 Å². The SMILES string of the molecule is CCC[C@@H](C)C[C@@H](C)CO. The zero-order valence-corrected chi connectivity index (χ0v) is 7.43. The lowest BCUT2D eigenvalue weighted by atomic mass is 9.94. The molecule has 0 bridgehead atoms. The van der Waals surface area contributed by atoms with Crippen LogP contribution in [0.25, 0.3) is 0 Å². The van der Waals surface area contributed by atoms with Gasteiger partial charge in [0.15, 0.2) is 0 Å². The summed E-state index contributed by atoms with van der Waals surface area (Å²) in [5.74, 6) is 1.27. The van der Waals surface area contributed by atoms with E-state index in [2.05, 4.69) is 20.8 Å². The van der Waals surface area contributed by atoms with Crippen LogP contribution in [-0.2, 0) is 0 Å². The smallest absolute Gasteiger partial charge is 0.0456 e. The second kappa shape index (κ2) is 5.72. The van der Waals surface area contributed by atoms with Gasteiger partial charge in [-0.15, -0.1) is 0 Å². The molecule has 0 unspecified atom stereocenters. The van der Waals surface area contributed by atoms with Crippen molar-refractivity contribution in [3.05, 3.63) is 0 Å². The average molecular weight is 144 g/mol. The quantitative estimate of drug-likeness (QED) is 0.628.